The number of hydrogen-bond donors (Lipinski definition) is 1. The zero-order valence-electron chi connectivity index (χ0n) is 12.5. The van der Waals surface area contributed by atoms with Crippen molar-refractivity contribution in [3.05, 3.63) is 55.4 Å². The number of ether oxygens (including phenoxy) is 1. The molecule has 0 aliphatic carbocycles. The molecule has 0 fully saturated rings. The number of rotatable bonds is 5. The molecule has 1 aromatic heterocycles. The number of carbonyl (C=O) groups is 2. The second kappa shape index (κ2) is 7.02. The molecule has 23 heavy (non-hydrogen) atoms. The summed E-state index contributed by atoms with van der Waals surface area (Å²) in [5.41, 5.74) is -0.352. The van der Waals surface area contributed by atoms with Gasteiger partial charge in [0.05, 0.1) is 23.7 Å². The fourth-order valence-electron chi connectivity index (χ4n) is 2.13. The predicted octanol–water partition coefficient (Wildman–Crippen LogP) is 2.36. The molecular formula is C15H14Cl2N2O4. The van der Waals surface area contributed by atoms with Gasteiger partial charge < -0.3 is 4.74 Å². The summed E-state index contributed by atoms with van der Waals surface area (Å²) in [4.78, 5) is 36.5. The minimum atomic E-state index is -0.576. The number of esters is 1. The third-order valence-corrected chi connectivity index (χ3v) is 3.70. The van der Waals surface area contributed by atoms with Gasteiger partial charge in [0.15, 0.2) is 0 Å². The minimum absolute atomic E-state index is 0.132. The molecule has 0 atom stereocenters. The van der Waals surface area contributed by atoms with Crippen LogP contribution in [0.2, 0.25) is 10.0 Å². The van der Waals surface area contributed by atoms with Gasteiger partial charge >= 0.3 is 5.97 Å². The zero-order chi connectivity index (χ0) is 17.1. The quantitative estimate of drug-likeness (QED) is 0.658. The van der Waals surface area contributed by atoms with Gasteiger partial charge in [0.1, 0.15) is 5.56 Å². The first-order chi connectivity index (χ1) is 10.8. The molecule has 1 N–H and O–H groups in total. The van der Waals surface area contributed by atoms with E-state index in [0.29, 0.717) is 5.02 Å². The molecule has 0 unspecified atom stereocenters. The van der Waals surface area contributed by atoms with Crippen molar-refractivity contribution in [2.24, 2.45) is 7.05 Å². The van der Waals surface area contributed by atoms with Crippen molar-refractivity contribution in [2.75, 3.05) is 6.61 Å². The van der Waals surface area contributed by atoms with Crippen LogP contribution >= 0.6 is 23.2 Å². The molecule has 0 bridgehead atoms. The number of carbonyl (C=O) groups excluding carboxylic acids is 2. The lowest BCUT2D eigenvalue weighted by Crippen LogP contribution is -2.20. The minimum Gasteiger partial charge on any atom is -0.466 e. The first-order valence-corrected chi connectivity index (χ1v) is 7.54. The molecule has 0 saturated heterocycles. The Kier molecular flexibility index (Phi) is 5.28. The van der Waals surface area contributed by atoms with Crippen LogP contribution < -0.4 is 5.56 Å². The molecule has 0 spiro atoms. The van der Waals surface area contributed by atoms with Crippen molar-refractivity contribution in [3.63, 3.8) is 0 Å². The van der Waals surface area contributed by atoms with Crippen LogP contribution in [0.4, 0.5) is 0 Å². The topological polar surface area (TPSA) is 81.2 Å². The molecule has 0 radical (unpaired) electrons. The van der Waals surface area contributed by atoms with E-state index in [9.17, 15) is 14.4 Å². The average Bonchev–Trinajstić information content (AvgIpc) is 2.73. The summed E-state index contributed by atoms with van der Waals surface area (Å²) in [6.45, 7) is 1.88. The predicted molar refractivity (Wildman–Crippen MR) is 86.3 cm³/mol. The molecule has 6 nitrogen and oxygen atoms in total. The van der Waals surface area contributed by atoms with Gasteiger partial charge in [-0.2, -0.15) is 0 Å². The van der Waals surface area contributed by atoms with Gasteiger partial charge in [-0.1, -0.05) is 23.2 Å². The summed E-state index contributed by atoms with van der Waals surface area (Å²) in [5, 5.41) is 3.20. The first-order valence-electron chi connectivity index (χ1n) is 6.78. The van der Waals surface area contributed by atoms with Crippen molar-refractivity contribution in [1.29, 1.82) is 0 Å². The van der Waals surface area contributed by atoms with Gasteiger partial charge in [-0.15, -0.1) is 0 Å². The molecule has 0 aliphatic heterocycles. The van der Waals surface area contributed by atoms with E-state index in [0.717, 1.165) is 4.68 Å². The highest BCUT2D eigenvalue weighted by Crippen LogP contribution is 2.23. The van der Waals surface area contributed by atoms with E-state index in [1.54, 1.807) is 6.92 Å². The summed E-state index contributed by atoms with van der Waals surface area (Å²) in [6.07, 6.45) is -0.212. The molecule has 1 aromatic carbocycles. The van der Waals surface area contributed by atoms with Gasteiger partial charge in [-0.05, 0) is 25.1 Å². The van der Waals surface area contributed by atoms with Crippen molar-refractivity contribution >= 4 is 35.0 Å². The molecule has 0 saturated carbocycles. The van der Waals surface area contributed by atoms with E-state index in [2.05, 4.69) is 5.10 Å². The van der Waals surface area contributed by atoms with Gasteiger partial charge in [-0.25, -0.2) is 0 Å². The van der Waals surface area contributed by atoms with Crippen LogP contribution in [0.1, 0.15) is 28.5 Å². The fourth-order valence-corrected chi connectivity index (χ4v) is 2.63. The summed E-state index contributed by atoms with van der Waals surface area (Å²) < 4.78 is 5.98. The maximum Gasteiger partial charge on any atom is 0.311 e. The number of hydrogen-bond acceptors (Lipinski definition) is 4. The van der Waals surface area contributed by atoms with Crippen LogP contribution in [0.5, 0.6) is 0 Å². The highest BCUT2D eigenvalue weighted by atomic mass is 35.5. The number of aryl methyl sites for hydroxylation is 1. The SMILES string of the molecule is CCOC(=O)Cc1[nH]n(C)c(=O)c1C(=O)c1ccc(Cl)cc1Cl. The number of benzene rings is 1. The van der Waals surface area contributed by atoms with Crippen LogP contribution in [0, 0.1) is 0 Å². The highest BCUT2D eigenvalue weighted by molar-refractivity contribution is 6.37. The van der Waals surface area contributed by atoms with Crippen molar-refractivity contribution in [2.45, 2.75) is 13.3 Å². The number of nitrogens with zero attached hydrogens (tertiary/aromatic N) is 1. The summed E-state index contributed by atoms with van der Waals surface area (Å²) >= 11 is 11.8. The Morgan fingerprint density at radius 3 is 2.61 bits per heavy atom. The highest BCUT2D eigenvalue weighted by Gasteiger charge is 2.24. The Hall–Kier alpha value is -2.05. The fraction of sp³-hybridized carbons (Fsp3) is 0.267. The van der Waals surface area contributed by atoms with Gasteiger partial charge in [-0.3, -0.25) is 24.2 Å². The second-order valence-electron chi connectivity index (χ2n) is 4.76. The first kappa shape index (κ1) is 17.3. The lowest BCUT2D eigenvalue weighted by Gasteiger charge is -2.04. The Balaban J connectivity index is 2.47. The molecule has 122 valence electrons. The van der Waals surface area contributed by atoms with Crippen molar-refractivity contribution in [3.8, 4) is 0 Å². The largest absolute Gasteiger partial charge is 0.466 e. The lowest BCUT2D eigenvalue weighted by molar-refractivity contribution is -0.142. The van der Waals surface area contributed by atoms with Crippen molar-refractivity contribution in [1.82, 2.24) is 9.78 Å². The third kappa shape index (κ3) is 3.65. The van der Waals surface area contributed by atoms with Gasteiger partial charge in [0, 0.05) is 17.6 Å². The van der Waals surface area contributed by atoms with Crippen molar-refractivity contribution < 1.29 is 14.3 Å². The monoisotopic (exact) mass is 356 g/mol. The molecule has 1 heterocycles. The van der Waals surface area contributed by atoms with E-state index in [-0.39, 0.29) is 34.9 Å². The van der Waals surface area contributed by atoms with Gasteiger partial charge in [0.25, 0.3) is 5.56 Å². The van der Waals surface area contributed by atoms with E-state index < -0.39 is 17.3 Å². The summed E-state index contributed by atoms with van der Waals surface area (Å²) in [6, 6.07) is 4.36. The molecule has 0 aliphatic rings. The van der Waals surface area contributed by atoms with Crippen LogP contribution in [-0.4, -0.2) is 28.1 Å². The van der Waals surface area contributed by atoms with E-state index in [4.69, 9.17) is 27.9 Å². The maximum atomic E-state index is 12.7. The molecule has 2 aromatic rings. The smallest absolute Gasteiger partial charge is 0.311 e. The Labute approximate surface area is 141 Å². The molecule has 8 heteroatoms. The zero-order valence-corrected chi connectivity index (χ0v) is 14.0. The molecule has 0 amide bonds. The number of nitrogens with one attached hydrogen (secondary N) is 1. The standard InChI is InChI=1S/C15H14Cl2N2O4/c1-3-23-12(20)7-11-13(15(22)19(2)18-11)14(21)9-5-4-8(16)6-10(9)17/h4-6,18H,3,7H2,1-2H3. The van der Waals surface area contributed by atoms with E-state index >= 15 is 0 Å². The Bertz CT molecular complexity index is 823. The van der Waals surface area contributed by atoms with Crippen LogP contribution in [0.3, 0.4) is 0 Å². The van der Waals surface area contributed by atoms with Crippen LogP contribution in [-0.2, 0) is 23.0 Å². The normalized spacial score (nSPS) is 10.6. The van der Waals surface area contributed by atoms with Crippen LogP contribution in [0.25, 0.3) is 0 Å². The number of halogens is 2. The Morgan fingerprint density at radius 2 is 2.00 bits per heavy atom. The number of H-pyrrole nitrogens is 1. The third-order valence-electron chi connectivity index (χ3n) is 3.15. The molecular weight excluding hydrogens is 343 g/mol. The number of aromatic nitrogens is 2. The Morgan fingerprint density at radius 1 is 1.30 bits per heavy atom. The van der Waals surface area contributed by atoms with E-state index in [1.807, 2.05) is 0 Å². The van der Waals surface area contributed by atoms with E-state index in [1.165, 1.54) is 25.2 Å². The number of ketones is 1. The lowest BCUT2D eigenvalue weighted by atomic mass is 10.0. The maximum absolute atomic E-state index is 12.7. The average molecular weight is 357 g/mol. The van der Waals surface area contributed by atoms with Gasteiger partial charge in [0.2, 0.25) is 5.78 Å². The summed E-state index contributed by atoms with van der Waals surface area (Å²) in [7, 11) is 1.46. The second-order valence-corrected chi connectivity index (χ2v) is 5.61. The summed E-state index contributed by atoms with van der Waals surface area (Å²) in [5.74, 6) is -1.11. The number of aromatic amines is 1. The molecule has 2 rings (SSSR count). The van der Waals surface area contributed by atoms with Crippen LogP contribution in [0.15, 0.2) is 23.0 Å².